The van der Waals surface area contributed by atoms with E-state index in [-0.39, 0.29) is 23.1 Å². The fourth-order valence-electron chi connectivity index (χ4n) is 2.96. The van der Waals surface area contributed by atoms with Gasteiger partial charge in [-0.3, -0.25) is 4.68 Å². The molecule has 2 heterocycles. The summed E-state index contributed by atoms with van der Waals surface area (Å²) < 4.78 is 63.5. The Hall–Kier alpha value is -2.37. The minimum Gasteiger partial charge on any atom is -0.372 e. The Morgan fingerprint density at radius 1 is 1.26 bits per heavy atom. The first-order valence-electron chi connectivity index (χ1n) is 8.12. The largest absolute Gasteiger partial charge is 0.421 e. The highest BCUT2D eigenvalue weighted by Gasteiger charge is 2.38. The van der Waals surface area contributed by atoms with Gasteiger partial charge in [0.15, 0.2) is 0 Å². The zero-order valence-electron chi connectivity index (χ0n) is 14.9. The highest BCUT2D eigenvalue weighted by atomic mass is 32.2. The van der Waals surface area contributed by atoms with Crippen LogP contribution in [0.25, 0.3) is 0 Å². The summed E-state index contributed by atoms with van der Waals surface area (Å²) in [7, 11) is -1.71. The minimum absolute atomic E-state index is 0.00220. The smallest absolute Gasteiger partial charge is 0.372 e. The molecule has 0 aliphatic heterocycles. The summed E-state index contributed by atoms with van der Waals surface area (Å²) in [6, 6.07) is -0.0262. The molecule has 1 aliphatic carbocycles. The lowest BCUT2D eigenvalue weighted by atomic mass is 9.92. The van der Waals surface area contributed by atoms with Gasteiger partial charge in [0.1, 0.15) is 21.2 Å². The number of nitrogens with zero attached hydrogens (tertiary/aromatic N) is 4. The van der Waals surface area contributed by atoms with Crippen molar-refractivity contribution in [2.24, 2.45) is 0 Å². The van der Waals surface area contributed by atoms with Crippen molar-refractivity contribution in [1.82, 2.24) is 19.7 Å². The monoisotopic (exact) mass is 404 g/mol. The molecule has 1 aliphatic rings. The highest BCUT2D eigenvalue weighted by molar-refractivity contribution is 7.91. The van der Waals surface area contributed by atoms with Crippen molar-refractivity contribution in [2.45, 2.75) is 37.2 Å². The number of hydrogen-bond donors (Lipinski definition) is 2. The van der Waals surface area contributed by atoms with E-state index >= 15 is 0 Å². The molecule has 8 nitrogen and oxygen atoms in total. The summed E-state index contributed by atoms with van der Waals surface area (Å²) in [5, 5.41) is 9.17. The Morgan fingerprint density at radius 3 is 2.48 bits per heavy atom. The van der Waals surface area contributed by atoms with Gasteiger partial charge in [0.05, 0.1) is 28.9 Å². The Balaban J connectivity index is 1.77. The summed E-state index contributed by atoms with van der Waals surface area (Å²) in [4.78, 5) is 7.58. The van der Waals surface area contributed by atoms with Crippen LogP contribution in [0.3, 0.4) is 0 Å². The van der Waals surface area contributed by atoms with Crippen LogP contribution in [-0.4, -0.2) is 46.7 Å². The lowest BCUT2D eigenvalue weighted by Crippen LogP contribution is -2.37. The maximum Gasteiger partial charge on any atom is 0.421 e. The second-order valence-corrected chi connectivity index (χ2v) is 8.82. The van der Waals surface area contributed by atoms with Crippen molar-refractivity contribution in [3.8, 4) is 0 Å². The fourth-order valence-corrected chi connectivity index (χ4v) is 4.11. The number of hydrogen-bond acceptors (Lipinski definition) is 7. The van der Waals surface area contributed by atoms with Gasteiger partial charge in [0.25, 0.3) is 0 Å². The molecule has 0 amide bonds. The quantitative estimate of drug-likeness (QED) is 0.790. The van der Waals surface area contributed by atoms with Crippen LogP contribution in [0.4, 0.5) is 30.6 Å². The van der Waals surface area contributed by atoms with E-state index in [4.69, 9.17) is 0 Å². The third kappa shape index (κ3) is 3.84. The molecule has 1 saturated carbocycles. The fraction of sp³-hybridized carbons (Fsp3) is 0.533. The van der Waals surface area contributed by atoms with Crippen LogP contribution in [0.2, 0.25) is 0 Å². The average Bonchev–Trinajstić information content (AvgIpc) is 2.84. The number of nitrogens with one attached hydrogen (secondary N) is 2. The summed E-state index contributed by atoms with van der Waals surface area (Å²) in [6.07, 6.45) is -0.133. The normalized spacial score (nSPS) is 20.2. The predicted molar refractivity (Wildman–Crippen MR) is 93.7 cm³/mol. The molecule has 0 spiro atoms. The molecule has 2 aromatic rings. The van der Waals surface area contributed by atoms with E-state index in [0.29, 0.717) is 24.7 Å². The third-order valence-corrected chi connectivity index (χ3v) is 6.24. The number of halogens is 3. The molecule has 0 bridgehead atoms. The van der Waals surface area contributed by atoms with Crippen LogP contribution < -0.4 is 10.6 Å². The van der Waals surface area contributed by atoms with Crippen LogP contribution in [0, 0.1) is 6.92 Å². The average molecular weight is 404 g/mol. The Bertz CT molecular complexity index is 951. The molecule has 0 aromatic carbocycles. The van der Waals surface area contributed by atoms with Crippen molar-refractivity contribution in [1.29, 1.82) is 0 Å². The van der Waals surface area contributed by atoms with Gasteiger partial charge in [-0.05, 0) is 19.8 Å². The molecule has 148 valence electrons. The molecule has 27 heavy (non-hydrogen) atoms. The van der Waals surface area contributed by atoms with E-state index in [9.17, 15) is 21.6 Å². The predicted octanol–water partition coefficient (Wildman–Crippen LogP) is 2.53. The summed E-state index contributed by atoms with van der Waals surface area (Å²) in [5.41, 5.74) is 0.310. The second-order valence-electron chi connectivity index (χ2n) is 6.49. The minimum atomic E-state index is -4.56. The van der Waals surface area contributed by atoms with Gasteiger partial charge in [-0.1, -0.05) is 0 Å². The summed E-state index contributed by atoms with van der Waals surface area (Å²) >= 11 is 0. The topological polar surface area (TPSA) is 102 Å². The lowest BCUT2D eigenvalue weighted by molar-refractivity contribution is -0.137. The SMILES string of the molecule is CNc1nc(Nc2cnn([C@H]3C[C@@H](S(C)(=O)=O)C3)c2C)ncc1C(F)(F)F. The highest BCUT2D eigenvalue weighted by Crippen LogP contribution is 2.38. The molecular weight excluding hydrogens is 385 g/mol. The molecule has 2 N–H and O–H groups in total. The molecule has 0 saturated heterocycles. The molecule has 12 heteroatoms. The van der Waals surface area contributed by atoms with E-state index in [1.165, 1.54) is 19.5 Å². The summed E-state index contributed by atoms with van der Waals surface area (Å²) in [5.74, 6) is -0.336. The standard InChI is InChI=1S/C15H19F3N6O2S/c1-8-12(7-21-24(8)9-4-10(5-9)27(3,25)26)22-14-20-6-11(15(16,17)18)13(19-2)23-14/h6-7,9-10H,4-5H2,1-3H3,(H2,19,20,22,23)/t9-,10+. The zero-order valence-corrected chi connectivity index (χ0v) is 15.7. The molecule has 0 atom stereocenters. The van der Waals surface area contributed by atoms with Gasteiger partial charge in [0, 0.05) is 19.5 Å². The number of rotatable bonds is 5. The molecule has 3 rings (SSSR count). The van der Waals surface area contributed by atoms with Crippen molar-refractivity contribution >= 4 is 27.3 Å². The van der Waals surface area contributed by atoms with E-state index in [0.717, 1.165) is 5.69 Å². The number of aromatic nitrogens is 4. The van der Waals surface area contributed by atoms with Gasteiger partial charge in [-0.2, -0.15) is 23.3 Å². The van der Waals surface area contributed by atoms with Crippen molar-refractivity contribution < 1.29 is 21.6 Å². The molecule has 1 fully saturated rings. The van der Waals surface area contributed by atoms with Gasteiger partial charge in [-0.15, -0.1) is 0 Å². The zero-order chi connectivity index (χ0) is 20.0. The third-order valence-electron chi connectivity index (χ3n) is 4.64. The molecule has 0 radical (unpaired) electrons. The van der Waals surface area contributed by atoms with Gasteiger partial charge < -0.3 is 10.6 Å². The van der Waals surface area contributed by atoms with E-state index in [1.807, 2.05) is 0 Å². The van der Waals surface area contributed by atoms with Crippen LogP contribution in [0.1, 0.15) is 30.1 Å². The lowest BCUT2D eigenvalue weighted by Gasteiger charge is -2.34. The summed E-state index contributed by atoms with van der Waals surface area (Å²) in [6.45, 7) is 1.78. The number of alkyl halides is 3. The van der Waals surface area contributed by atoms with E-state index in [1.54, 1.807) is 11.6 Å². The Labute approximate surface area is 154 Å². The first kappa shape index (κ1) is 19.4. The van der Waals surface area contributed by atoms with Crippen molar-refractivity contribution in [2.75, 3.05) is 23.9 Å². The molecule has 0 unspecified atom stereocenters. The Kier molecular flexibility index (Phi) is 4.78. The maximum absolute atomic E-state index is 12.9. The Morgan fingerprint density at radius 2 is 1.93 bits per heavy atom. The first-order valence-corrected chi connectivity index (χ1v) is 10.1. The van der Waals surface area contributed by atoms with Crippen LogP contribution >= 0.6 is 0 Å². The first-order chi connectivity index (χ1) is 12.5. The van der Waals surface area contributed by atoms with E-state index in [2.05, 4.69) is 25.7 Å². The van der Waals surface area contributed by atoms with Gasteiger partial charge in [-0.25, -0.2) is 13.4 Å². The molecule has 2 aromatic heterocycles. The van der Waals surface area contributed by atoms with Crippen LogP contribution in [-0.2, 0) is 16.0 Å². The van der Waals surface area contributed by atoms with Gasteiger partial charge >= 0.3 is 6.18 Å². The number of anilines is 3. The van der Waals surface area contributed by atoms with Gasteiger partial charge in [0.2, 0.25) is 5.95 Å². The maximum atomic E-state index is 12.9. The molecular formula is C15H19F3N6O2S. The van der Waals surface area contributed by atoms with E-state index < -0.39 is 21.6 Å². The van der Waals surface area contributed by atoms with Crippen LogP contribution in [0.5, 0.6) is 0 Å². The van der Waals surface area contributed by atoms with Crippen molar-refractivity contribution in [3.05, 3.63) is 23.7 Å². The van der Waals surface area contributed by atoms with Crippen molar-refractivity contribution in [3.63, 3.8) is 0 Å². The van der Waals surface area contributed by atoms with Crippen LogP contribution in [0.15, 0.2) is 12.4 Å². The number of sulfone groups is 1. The second kappa shape index (κ2) is 6.66.